The third-order valence-electron chi connectivity index (χ3n) is 2.29. The number of aliphatic hydroxyl groups is 1. The molecule has 0 spiro atoms. The predicted molar refractivity (Wildman–Crippen MR) is 47.7 cm³/mol. The van der Waals surface area contributed by atoms with Gasteiger partial charge >= 0.3 is 0 Å². The fourth-order valence-electron chi connectivity index (χ4n) is 1.30. The average molecular weight is 216 g/mol. The summed E-state index contributed by atoms with van der Waals surface area (Å²) in [5, 5.41) is 9.72. The van der Waals surface area contributed by atoms with E-state index in [0.717, 1.165) is 12.1 Å². The van der Waals surface area contributed by atoms with Gasteiger partial charge in [-0.1, -0.05) is 6.92 Å². The second kappa shape index (κ2) is 3.34. The molecular formula is C10H10F2O3. The maximum atomic E-state index is 12.9. The quantitative estimate of drug-likeness (QED) is 0.778. The molecule has 1 N–H and O–H groups in total. The molecule has 5 heteroatoms. The number of ether oxygens (including phenoxy) is 2. The van der Waals surface area contributed by atoms with Gasteiger partial charge < -0.3 is 14.6 Å². The third-order valence-corrected chi connectivity index (χ3v) is 2.29. The molecule has 0 fully saturated rings. The Morgan fingerprint density at radius 3 is 2.53 bits per heavy atom. The van der Waals surface area contributed by atoms with Crippen LogP contribution in [0.4, 0.5) is 8.78 Å². The predicted octanol–water partition coefficient (Wildman–Crippen LogP) is 1.83. The molecule has 15 heavy (non-hydrogen) atoms. The first kappa shape index (κ1) is 10.2. The van der Waals surface area contributed by atoms with Crippen molar-refractivity contribution in [3.8, 4) is 11.5 Å². The molecule has 1 aromatic carbocycles. The topological polar surface area (TPSA) is 38.7 Å². The summed E-state index contributed by atoms with van der Waals surface area (Å²) in [6.07, 6.45) is 0.297. The van der Waals surface area contributed by atoms with Crippen LogP contribution in [-0.2, 0) is 0 Å². The molecule has 0 amide bonds. The highest BCUT2D eigenvalue weighted by Gasteiger charge is 2.34. The number of benzene rings is 1. The molecule has 1 aliphatic rings. The molecule has 0 saturated heterocycles. The molecule has 0 radical (unpaired) electrons. The maximum absolute atomic E-state index is 12.9. The largest absolute Gasteiger partial charge is 0.483 e. The van der Waals surface area contributed by atoms with Gasteiger partial charge in [-0.2, -0.15) is 0 Å². The van der Waals surface area contributed by atoms with E-state index in [1.165, 1.54) is 0 Å². The standard InChI is InChI=1S/C10H10F2O3/c1-2-10(13)5-14-8-3-6(11)7(12)4-9(8)15-10/h3-4,13H,2,5H2,1H3/t10-/m0/s1. The summed E-state index contributed by atoms with van der Waals surface area (Å²) in [5.41, 5.74) is 0. The van der Waals surface area contributed by atoms with E-state index < -0.39 is 17.4 Å². The van der Waals surface area contributed by atoms with Crippen molar-refractivity contribution in [1.82, 2.24) is 0 Å². The Labute approximate surface area is 85.2 Å². The summed E-state index contributed by atoms with van der Waals surface area (Å²) >= 11 is 0. The number of halogens is 2. The highest BCUT2D eigenvalue weighted by atomic mass is 19.2. The Bertz CT molecular complexity index is 394. The van der Waals surface area contributed by atoms with Gasteiger partial charge in [-0.05, 0) is 0 Å². The molecule has 3 nitrogen and oxygen atoms in total. The second-order valence-corrected chi connectivity index (χ2v) is 3.40. The van der Waals surface area contributed by atoms with Gasteiger partial charge in [0.05, 0.1) is 0 Å². The van der Waals surface area contributed by atoms with Crippen LogP contribution in [0.3, 0.4) is 0 Å². The zero-order chi connectivity index (χ0) is 11.1. The molecule has 1 aliphatic heterocycles. The minimum Gasteiger partial charge on any atom is -0.483 e. The number of hydrogen-bond donors (Lipinski definition) is 1. The summed E-state index contributed by atoms with van der Waals surface area (Å²) in [6, 6.07) is 1.77. The first-order valence-electron chi connectivity index (χ1n) is 4.57. The van der Waals surface area contributed by atoms with Crippen molar-refractivity contribution in [2.45, 2.75) is 19.1 Å². The monoisotopic (exact) mass is 216 g/mol. The zero-order valence-corrected chi connectivity index (χ0v) is 8.09. The van der Waals surface area contributed by atoms with E-state index >= 15 is 0 Å². The van der Waals surface area contributed by atoms with E-state index in [-0.39, 0.29) is 18.1 Å². The lowest BCUT2D eigenvalue weighted by Gasteiger charge is -2.33. The molecule has 0 aliphatic carbocycles. The molecule has 1 heterocycles. The lowest BCUT2D eigenvalue weighted by Crippen LogP contribution is -2.44. The van der Waals surface area contributed by atoms with Crippen LogP contribution in [0.2, 0.25) is 0 Å². The van der Waals surface area contributed by atoms with E-state index in [4.69, 9.17) is 9.47 Å². The molecular weight excluding hydrogens is 206 g/mol. The van der Waals surface area contributed by atoms with E-state index in [2.05, 4.69) is 0 Å². The van der Waals surface area contributed by atoms with Crippen LogP contribution in [0.5, 0.6) is 11.5 Å². The molecule has 0 saturated carbocycles. The summed E-state index contributed by atoms with van der Waals surface area (Å²) in [7, 11) is 0. The SMILES string of the molecule is CC[C@@]1(O)COc2cc(F)c(F)cc2O1. The lowest BCUT2D eigenvalue weighted by atomic mass is 10.2. The first-order valence-corrected chi connectivity index (χ1v) is 4.57. The van der Waals surface area contributed by atoms with Crippen LogP contribution in [0, 0.1) is 11.6 Å². The van der Waals surface area contributed by atoms with Crippen LogP contribution < -0.4 is 9.47 Å². The fourth-order valence-corrected chi connectivity index (χ4v) is 1.30. The van der Waals surface area contributed by atoms with Crippen molar-refractivity contribution in [1.29, 1.82) is 0 Å². The highest BCUT2D eigenvalue weighted by Crippen LogP contribution is 2.36. The fraction of sp³-hybridized carbons (Fsp3) is 0.400. The van der Waals surface area contributed by atoms with Crippen LogP contribution in [0.25, 0.3) is 0 Å². The zero-order valence-electron chi connectivity index (χ0n) is 8.09. The Hall–Kier alpha value is -1.36. The third kappa shape index (κ3) is 1.74. The van der Waals surface area contributed by atoms with Gasteiger partial charge in [0.15, 0.2) is 29.7 Å². The van der Waals surface area contributed by atoms with Gasteiger partial charge in [-0.15, -0.1) is 0 Å². The lowest BCUT2D eigenvalue weighted by molar-refractivity contribution is -0.175. The normalized spacial score (nSPS) is 24.0. The van der Waals surface area contributed by atoms with Crippen LogP contribution in [0.15, 0.2) is 12.1 Å². The van der Waals surface area contributed by atoms with Gasteiger partial charge in [0.1, 0.15) is 0 Å². The van der Waals surface area contributed by atoms with Gasteiger partial charge in [-0.25, -0.2) is 8.78 Å². The average Bonchev–Trinajstić information content (AvgIpc) is 2.21. The number of hydrogen-bond acceptors (Lipinski definition) is 3. The van der Waals surface area contributed by atoms with Crippen molar-refractivity contribution in [3.63, 3.8) is 0 Å². The Balaban J connectivity index is 2.38. The van der Waals surface area contributed by atoms with Crippen LogP contribution in [-0.4, -0.2) is 17.5 Å². The minimum atomic E-state index is -1.46. The first-order chi connectivity index (χ1) is 7.04. The summed E-state index contributed by atoms with van der Waals surface area (Å²) in [6.45, 7) is 1.61. The molecule has 2 rings (SSSR count). The molecule has 1 atom stereocenters. The van der Waals surface area contributed by atoms with Crippen LogP contribution in [0.1, 0.15) is 13.3 Å². The Kier molecular flexibility index (Phi) is 2.26. The molecule has 0 bridgehead atoms. The van der Waals surface area contributed by atoms with Crippen molar-refractivity contribution in [3.05, 3.63) is 23.8 Å². The molecule has 0 aromatic heterocycles. The van der Waals surface area contributed by atoms with Gasteiger partial charge in [0, 0.05) is 18.6 Å². The van der Waals surface area contributed by atoms with Crippen molar-refractivity contribution < 1.29 is 23.4 Å². The molecule has 0 unspecified atom stereocenters. The summed E-state index contributed by atoms with van der Waals surface area (Å²) < 4.78 is 35.9. The van der Waals surface area contributed by atoms with Gasteiger partial charge in [0.25, 0.3) is 0 Å². The van der Waals surface area contributed by atoms with E-state index in [9.17, 15) is 13.9 Å². The van der Waals surface area contributed by atoms with Gasteiger partial charge in [0.2, 0.25) is 5.79 Å². The van der Waals surface area contributed by atoms with E-state index in [1.54, 1.807) is 6.92 Å². The number of rotatable bonds is 1. The Morgan fingerprint density at radius 1 is 1.33 bits per heavy atom. The van der Waals surface area contributed by atoms with Crippen molar-refractivity contribution >= 4 is 0 Å². The van der Waals surface area contributed by atoms with Crippen molar-refractivity contribution in [2.75, 3.05) is 6.61 Å². The maximum Gasteiger partial charge on any atom is 0.242 e. The van der Waals surface area contributed by atoms with Crippen LogP contribution >= 0.6 is 0 Å². The molecule has 82 valence electrons. The highest BCUT2D eigenvalue weighted by molar-refractivity contribution is 5.42. The Morgan fingerprint density at radius 2 is 1.93 bits per heavy atom. The smallest absolute Gasteiger partial charge is 0.242 e. The van der Waals surface area contributed by atoms with E-state index in [0.29, 0.717) is 6.42 Å². The second-order valence-electron chi connectivity index (χ2n) is 3.40. The molecule has 1 aromatic rings. The van der Waals surface area contributed by atoms with E-state index in [1.807, 2.05) is 0 Å². The van der Waals surface area contributed by atoms with Gasteiger partial charge in [-0.3, -0.25) is 0 Å². The van der Waals surface area contributed by atoms with Crippen molar-refractivity contribution in [2.24, 2.45) is 0 Å². The summed E-state index contributed by atoms with van der Waals surface area (Å²) in [4.78, 5) is 0. The number of fused-ring (bicyclic) bond motifs is 1. The minimum absolute atomic E-state index is 0.0181. The summed E-state index contributed by atoms with van der Waals surface area (Å²) in [5.74, 6) is -3.37.